The van der Waals surface area contributed by atoms with Crippen LogP contribution in [0.2, 0.25) is 0 Å². The quantitative estimate of drug-likeness (QED) is 0.0169. The molecule has 0 aromatic heterocycles. The first-order chi connectivity index (χ1) is 50.7. The minimum atomic E-state index is -5.02. The van der Waals surface area contributed by atoms with Crippen molar-refractivity contribution in [3.05, 3.63) is 170 Å². The minimum absolute atomic E-state index is 0.00613. The van der Waals surface area contributed by atoms with E-state index in [0.717, 1.165) is 154 Å². The number of carbonyl (C=O) groups is 4. The van der Waals surface area contributed by atoms with Crippen molar-refractivity contribution >= 4 is 39.5 Å². The molecule has 19 heteroatoms. The monoisotopic (exact) mass is 1490 g/mol. The summed E-state index contributed by atoms with van der Waals surface area (Å²) in [6, 6.07) is 0. The van der Waals surface area contributed by atoms with Crippen molar-refractivity contribution in [3.63, 3.8) is 0 Å². The molecule has 0 aliphatic rings. The Balaban J connectivity index is 5.51. The van der Waals surface area contributed by atoms with Gasteiger partial charge >= 0.3 is 39.5 Å². The van der Waals surface area contributed by atoms with Gasteiger partial charge in [-0.1, -0.05) is 275 Å². The van der Waals surface area contributed by atoms with E-state index in [2.05, 4.69) is 167 Å². The van der Waals surface area contributed by atoms with Gasteiger partial charge in [0.05, 0.1) is 26.4 Å². The fraction of sp³-hybridized carbons (Fsp3) is 0.624. The average molecular weight is 1490 g/mol. The predicted molar refractivity (Wildman–Crippen MR) is 426 cm³/mol. The lowest BCUT2D eigenvalue weighted by Crippen LogP contribution is -2.30. The van der Waals surface area contributed by atoms with E-state index in [9.17, 15) is 43.2 Å². The smallest absolute Gasteiger partial charge is 0.462 e. The summed E-state index contributed by atoms with van der Waals surface area (Å²) in [5.41, 5.74) is 0. The van der Waals surface area contributed by atoms with Crippen molar-refractivity contribution in [3.8, 4) is 0 Å². The van der Waals surface area contributed by atoms with Crippen LogP contribution in [0.3, 0.4) is 0 Å². The van der Waals surface area contributed by atoms with Crippen LogP contribution < -0.4 is 0 Å². The number of aliphatic hydroxyl groups is 1. The number of ether oxygens (including phenoxy) is 4. The molecule has 0 rings (SSSR count). The van der Waals surface area contributed by atoms with Crippen LogP contribution >= 0.6 is 15.6 Å². The van der Waals surface area contributed by atoms with E-state index in [1.54, 1.807) is 0 Å². The molecule has 0 radical (unpaired) electrons. The van der Waals surface area contributed by atoms with Gasteiger partial charge in [0.1, 0.15) is 19.3 Å². The van der Waals surface area contributed by atoms with Crippen molar-refractivity contribution in [1.29, 1.82) is 0 Å². The summed E-state index contributed by atoms with van der Waals surface area (Å²) >= 11 is 0. The highest BCUT2D eigenvalue weighted by molar-refractivity contribution is 7.47. The lowest BCUT2D eigenvalue weighted by Gasteiger charge is -2.21. The average Bonchev–Trinajstić information content (AvgIpc) is 0.911. The molecule has 3 N–H and O–H groups in total. The SMILES string of the molecule is CC/C=C\C/C=C\C/C=C\C/C=C\C/C=C\C/C=C\CCC(=O)OCC(COP(=O)(O)OCC(O)COP(=O)(O)OCC(COC(=O)CCCCCCC/C=C\CCCCCCCC)OC(=O)CCCCCCC/C=C\C/C=C\CCC)OC(=O)CCC/C=C\C/C=C\C/C=C\C/C=C\C/C=C\CC. The molecule has 590 valence electrons. The maximum atomic E-state index is 13.1. The van der Waals surface area contributed by atoms with Gasteiger partial charge in [-0.25, -0.2) is 9.13 Å². The Bertz CT molecular complexity index is 2640. The second-order valence-corrected chi connectivity index (χ2v) is 28.4. The van der Waals surface area contributed by atoms with Gasteiger partial charge in [-0.3, -0.25) is 37.3 Å². The third kappa shape index (κ3) is 74.7. The Kier molecular flexibility index (Phi) is 71.6. The molecule has 17 nitrogen and oxygen atoms in total. The summed E-state index contributed by atoms with van der Waals surface area (Å²) < 4.78 is 68.4. The van der Waals surface area contributed by atoms with Gasteiger partial charge in [-0.2, -0.15) is 0 Å². The molecular formula is C85H138O17P2. The van der Waals surface area contributed by atoms with Crippen LogP contribution in [-0.2, 0) is 65.4 Å². The number of phosphoric ester groups is 2. The zero-order chi connectivity index (χ0) is 76.0. The van der Waals surface area contributed by atoms with Crippen molar-refractivity contribution in [2.24, 2.45) is 0 Å². The summed E-state index contributed by atoms with van der Waals surface area (Å²) in [5, 5.41) is 10.6. The van der Waals surface area contributed by atoms with E-state index in [-0.39, 0.29) is 25.7 Å². The largest absolute Gasteiger partial charge is 0.472 e. The van der Waals surface area contributed by atoms with Crippen LogP contribution in [0, 0.1) is 0 Å². The molecule has 0 bridgehead atoms. The predicted octanol–water partition coefficient (Wildman–Crippen LogP) is 23.0. The second kappa shape index (κ2) is 75.6. The maximum Gasteiger partial charge on any atom is 0.472 e. The van der Waals surface area contributed by atoms with Gasteiger partial charge < -0.3 is 33.8 Å². The van der Waals surface area contributed by atoms with Gasteiger partial charge in [0.15, 0.2) is 12.2 Å². The number of phosphoric acid groups is 2. The normalized spacial score (nSPS) is 14.8. The third-order valence-corrected chi connectivity index (χ3v) is 17.5. The zero-order valence-corrected chi connectivity index (χ0v) is 66.2. The van der Waals surface area contributed by atoms with Gasteiger partial charge in [0.25, 0.3) is 0 Å². The van der Waals surface area contributed by atoms with Crippen molar-refractivity contribution in [2.75, 3.05) is 39.6 Å². The highest BCUT2D eigenvalue weighted by Crippen LogP contribution is 2.45. The molecule has 0 aromatic carbocycles. The molecule has 5 atom stereocenters. The summed E-state index contributed by atoms with van der Waals surface area (Å²) in [4.78, 5) is 72.9. The molecule has 5 unspecified atom stereocenters. The lowest BCUT2D eigenvalue weighted by atomic mass is 10.1. The van der Waals surface area contributed by atoms with Crippen LogP contribution in [0.15, 0.2) is 170 Å². The van der Waals surface area contributed by atoms with Crippen LogP contribution in [0.5, 0.6) is 0 Å². The molecule has 0 aromatic rings. The number of esters is 4. The van der Waals surface area contributed by atoms with Gasteiger partial charge in [0.2, 0.25) is 0 Å². The fourth-order valence-corrected chi connectivity index (χ4v) is 11.3. The van der Waals surface area contributed by atoms with Gasteiger partial charge in [-0.15, -0.1) is 0 Å². The Morgan fingerprint density at radius 3 is 0.913 bits per heavy atom. The summed E-state index contributed by atoms with van der Waals surface area (Å²) in [5.74, 6) is -2.38. The van der Waals surface area contributed by atoms with Gasteiger partial charge in [-0.05, 0) is 154 Å². The van der Waals surface area contributed by atoms with Crippen molar-refractivity contribution < 1.29 is 80.2 Å². The van der Waals surface area contributed by atoms with Crippen molar-refractivity contribution in [2.45, 2.75) is 303 Å². The van der Waals surface area contributed by atoms with E-state index in [1.165, 1.54) is 38.5 Å². The van der Waals surface area contributed by atoms with Gasteiger partial charge in [0, 0.05) is 25.7 Å². The number of rotatable bonds is 72. The first-order valence-corrected chi connectivity index (χ1v) is 42.4. The third-order valence-electron chi connectivity index (χ3n) is 15.6. The van der Waals surface area contributed by atoms with Crippen molar-refractivity contribution in [1.82, 2.24) is 0 Å². The van der Waals surface area contributed by atoms with E-state index in [4.69, 9.17) is 37.0 Å². The Hall–Kier alpha value is -5.58. The molecular weight excluding hydrogens is 1350 g/mol. The Morgan fingerprint density at radius 2 is 0.548 bits per heavy atom. The van der Waals surface area contributed by atoms with Crippen LogP contribution in [0.25, 0.3) is 0 Å². The molecule has 0 aliphatic heterocycles. The van der Waals surface area contributed by atoms with Crippen LogP contribution in [0.1, 0.15) is 285 Å². The fourth-order valence-electron chi connectivity index (χ4n) is 9.72. The first kappa shape index (κ1) is 98.4. The molecule has 0 amide bonds. The topological polar surface area (TPSA) is 237 Å². The zero-order valence-electron chi connectivity index (χ0n) is 64.4. The van der Waals surface area contributed by atoms with E-state index >= 15 is 0 Å². The highest BCUT2D eigenvalue weighted by Gasteiger charge is 2.30. The number of hydrogen-bond donors (Lipinski definition) is 3. The standard InChI is InChI=1S/C85H138O17P2/c1-5-9-13-17-21-25-29-33-36-38-39-41-43-47-50-54-58-62-66-70-83(88)96-76-81(102-85(90)72-68-64-60-56-52-48-44-40-37-34-30-26-22-18-14-10-6-2)78-100-104(93,94)98-74-79(86)73-97-103(91,92)99-77-80(101-84(89)71-67-63-59-55-51-45-32-28-24-20-16-12-8-4)75-95-82(87)69-65-61-57-53-49-46-42-35-31-27-23-19-15-11-7-3/h9-10,13-14,16,20-22,25-26,28,32-37,39,41-42,44,47-48,50,56,58,60,62,79-81,86H,5-8,11-12,15,17-19,23-24,27,29-31,38,40,43,45-46,49,51-55,57,59,61,63-78H2,1-4H3,(H,91,92)(H,93,94)/b13-9-,14-10-,20-16-,25-21-,26-22-,32-28-,36-33-,37-34-,41-39-,42-35-,48-44-,50-47-,60-56-,62-58-. The Morgan fingerprint density at radius 1 is 0.279 bits per heavy atom. The summed E-state index contributed by atoms with van der Waals surface area (Å²) in [7, 11) is -10.0. The van der Waals surface area contributed by atoms with Crippen LogP contribution in [0.4, 0.5) is 0 Å². The molecule has 0 saturated heterocycles. The minimum Gasteiger partial charge on any atom is -0.462 e. The number of unbranched alkanes of at least 4 members (excludes halogenated alkanes) is 18. The molecule has 0 aliphatic carbocycles. The molecule has 0 fully saturated rings. The Labute approximate surface area is 629 Å². The second-order valence-electron chi connectivity index (χ2n) is 25.5. The molecule has 104 heavy (non-hydrogen) atoms. The lowest BCUT2D eigenvalue weighted by molar-refractivity contribution is -0.161. The maximum absolute atomic E-state index is 13.1. The number of hydrogen-bond acceptors (Lipinski definition) is 15. The number of allylic oxidation sites excluding steroid dienone is 28. The van der Waals surface area contributed by atoms with E-state index < -0.39 is 97.5 Å². The molecule has 0 heterocycles. The summed E-state index contributed by atoms with van der Waals surface area (Å²) in [6.07, 6.45) is 89.3. The molecule has 0 saturated carbocycles. The summed E-state index contributed by atoms with van der Waals surface area (Å²) in [6.45, 7) is 4.38. The highest BCUT2D eigenvalue weighted by atomic mass is 31.2. The number of aliphatic hydroxyl groups excluding tert-OH is 1. The van der Waals surface area contributed by atoms with E-state index in [1.807, 2.05) is 30.4 Å². The molecule has 0 spiro atoms. The van der Waals surface area contributed by atoms with E-state index in [0.29, 0.717) is 38.5 Å². The van der Waals surface area contributed by atoms with Crippen LogP contribution in [-0.4, -0.2) is 96.7 Å². The first-order valence-electron chi connectivity index (χ1n) is 39.4. The number of carbonyl (C=O) groups excluding carboxylic acids is 4.